The SMILES string of the molecule is COc1ccc2c(CC(=O)N(C)CCC(C)O)coc2c1. The van der Waals surface area contributed by atoms with Crippen molar-refractivity contribution in [2.24, 2.45) is 0 Å². The molecule has 1 unspecified atom stereocenters. The molecule has 5 heteroatoms. The summed E-state index contributed by atoms with van der Waals surface area (Å²) in [5.74, 6) is 0.734. The first-order chi connectivity index (χ1) is 10.0. The number of hydrogen-bond acceptors (Lipinski definition) is 4. The van der Waals surface area contributed by atoms with E-state index in [1.807, 2.05) is 12.1 Å². The Bertz CT molecular complexity index is 618. The van der Waals surface area contributed by atoms with E-state index in [1.165, 1.54) is 0 Å². The molecular formula is C16H21NO4. The van der Waals surface area contributed by atoms with Gasteiger partial charge in [-0.2, -0.15) is 0 Å². The van der Waals surface area contributed by atoms with E-state index >= 15 is 0 Å². The largest absolute Gasteiger partial charge is 0.497 e. The third-order valence-electron chi connectivity index (χ3n) is 3.51. The third-order valence-corrected chi connectivity index (χ3v) is 3.51. The summed E-state index contributed by atoms with van der Waals surface area (Å²) >= 11 is 0. The standard InChI is InChI=1S/C16H21NO4/c1-11(18)6-7-17(2)16(19)8-12-10-21-15-9-13(20-3)4-5-14(12)15/h4-5,9-11,18H,6-8H2,1-3H3. The molecule has 1 N–H and O–H groups in total. The fraction of sp³-hybridized carbons (Fsp3) is 0.438. The average molecular weight is 291 g/mol. The van der Waals surface area contributed by atoms with Crippen molar-refractivity contribution in [1.29, 1.82) is 0 Å². The maximum atomic E-state index is 12.2. The van der Waals surface area contributed by atoms with E-state index in [9.17, 15) is 9.90 Å². The highest BCUT2D eigenvalue weighted by Crippen LogP contribution is 2.26. The minimum atomic E-state index is -0.400. The Morgan fingerprint density at radius 2 is 2.24 bits per heavy atom. The van der Waals surface area contributed by atoms with Crippen LogP contribution in [0.3, 0.4) is 0 Å². The van der Waals surface area contributed by atoms with E-state index in [4.69, 9.17) is 9.15 Å². The number of methoxy groups -OCH3 is 1. The van der Waals surface area contributed by atoms with Crippen LogP contribution in [-0.4, -0.2) is 42.7 Å². The van der Waals surface area contributed by atoms with Gasteiger partial charge in [0.15, 0.2) is 0 Å². The summed E-state index contributed by atoms with van der Waals surface area (Å²) in [6.07, 6.45) is 2.08. The number of carbonyl (C=O) groups is 1. The van der Waals surface area contributed by atoms with Crippen molar-refractivity contribution in [3.05, 3.63) is 30.0 Å². The van der Waals surface area contributed by atoms with Crippen LogP contribution in [0.5, 0.6) is 5.75 Å². The zero-order valence-electron chi connectivity index (χ0n) is 12.6. The Morgan fingerprint density at radius 3 is 2.90 bits per heavy atom. The van der Waals surface area contributed by atoms with Crippen LogP contribution in [0.2, 0.25) is 0 Å². The minimum absolute atomic E-state index is 0.00849. The normalized spacial score (nSPS) is 12.4. The zero-order chi connectivity index (χ0) is 15.4. The van der Waals surface area contributed by atoms with Crippen molar-refractivity contribution >= 4 is 16.9 Å². The summed E-state index contributed by atoms with van der Waals surface area (Å²) in [5.41, 5.74) is 1.57. The number of carbonyl (C=O) groups excluding carboxylic acids is 1. The molecule has 0 radical (unpaired) electrons. The van der Waals surface area contributed by atoms with Crippen molar-refractivity contribution in [3.63, 3.8) is 0 Å². The Balaban J connectivity index is 2.07. The van der Waals surface area contributed by atoms with Crippen molar-refractivity contribution in [1.82, 2.24) is 4.90 Å². The first-order valence-corrected chi connectivity index (χ1v) is 6.97. The monoisotopic (exact) mass is 291 g/mol. The first-order valence-electron chi connectivity index (χ1n) is 6.97. The Hall–Kier alpha value is -2.01. The zero-order valence-corrected chi connectivity index (χ0v) is 12.6. The average Bonchev–Trinajstić information content (AvgIpc) is 2.86. The molecule has 0 spiro atoms. The quantitative estimate of drug-likeness (QED) is 0.886. The number of aliphatic hydroxyl groups is 1. The fourth-order valence-electron chi connectivity index (χ4n) is 2.13. The van der Waals surface area contributed by atoms with Gasteiger partial charge in [-0.25, -0.2) is 0 Å². The maximum Gasteiger partial charge on any atom is 0.226 e. The van der Waals surface area contributed by atoms with Crippen LogP contribution in [0.15, 0.2) is 28.9 Å². The lowest BCUT2D eigenvalue weighted by Crippen LogP contribution is -2.30. The van der Waals surface area contributed by atoms with Gasteiger partial charge >= 0.3 is 0 Å². The van der Waals surface area contributed by atoms with Crippen molar-refractivity contribution < 1.29 is 19.1 Å². The molecule has 114 valence electrons. The predicted molar refractivity (Wildman–Crippen MR) is 80.4 cm³/mol. The topological polar surface area (TPSA) is 62.9 Å². The van der Waals surface area contributed by atoms with E-state index in [2.05, 4.69) is 0 Å². The van der Waals surface area contributed by atoms with Crippen LogP contribution < -0.4 is 4.74 Å². The highest BCUT2D eigenvalue weighted by atomic mass is 16.5. The van der Waals surface area contributed by atoms with E-state index in [-0.39, 0.29) is 12.3 Å². The smallest absolute Gasteiger partial charge is 0.226 e. The Morgan fingerprint density at radius 1 is 1.48 bits per heavy atom. The van der Waals surface area contributed by atoms with E-state index < -0.39 is 6.10 Å². The van der Waals surface area contributed by atoms with Gasteiger partial charge in [0.25, 0.3) is 0 Å². The molecule has 0 fully saturated rings. The molecule has 5 nitrogen and oxygen atoms in total. The molecule has 1 heterocycles. The fourth-order valence-corrected chi connectivity index (χ4v) is 2.13. The number of aliphatic hydroxyl groups excluding tert-OH is 1. The summed E-state index contributed by atoms with van der Waals surface area (Å²) in [4.78, 5) is 13.8. The summed E-state index contributed by atoms with van der Waals surface area (Å²) in [7, 11) is 3.35. The number of rotatable bonds is 6. The van der Waals surface area contributed by atoms with Gasteiger partial charge < -0.3 is 19.2 Å². The minimum Gasteiger partial charge on any atom is -0.497 e. The molecule has 0 saturated heterocycles. The lowest BCUT2D eigenvalue weighted by atomic mass is 10.1. The number of hydrogen-bond donors (Lipinski definition) is 1. The molecule has 0 aliphatic heterocycles. The van der Waals surface area contributed by atoms with Crippen LogP contribution in [0.4, 0.5) is 0 Å². The number of likely N-dealkylation sites (N-methyl/N-ethyl adjacent to an activating group) is 1. The van der Waals surface area contributed by atoms with Gasteiger partial charge in [-0.05, 0) is 25.5 Å². The number of furan rings is 1. The van der Waals surface area contributed by atoms with E-state index in [0.717, 1.165) is 16.7 Å². The maximum absolute atomic E-state index is 12.2. The molecule has 1 aromatic carbocycles. The molecule has 1 atom stereocenters. The van der Waals surface area contributed by atoms with Gasteiger partial charge in [0.2, 0.25) is 5.91 Å². The van der Waals surface area contributed by atoms with Crippen molar-refractivity contribution in [3.8, 4) is 5.75 Å². The molecule has 2 rings (SSSR count). The first kappa shape index (κ1) is 15.4. The van der Waals surface area contributed by atoms with E-state index in [0.29, 0.717) is 18.5 Å². The van der Waals surface area contributed by atoms with Crippen LogP contribution in [0, 0.1) is 0 Å². The van der Waals surface area contributed by atoms with Crippen LogP contribution in [0.25, 0.3) is 11.0 Å². The second-order valence-corrected chi connectivity index (χ2v) is 5.25. The lowest BCUT2D eigenvalue weighted by molar-refractivity contribution is -0.129. The highest BCUT2D eigenvalue weighted by molar-refractivity contribution is 5.88. The van der Waals surface area contributed by atoms with Gasteiger partial charge in [0.05, 0.1) is 25.9 Å². The summed E-state index contributed by atoms with van der Waals surface area (Å²) in [6, 6.07) is 5.56. The second kappa shape index (κ2) is 6.63. The molecule has 2 aromatic rings. The third kappa shape index (κ3) is 3.76. The summed E-state index contributed by atoms with van der Waals surface area (Å²) in [5, 5.41) is 10.2. The number of nitrogens with zero attached hydrogens (tertiary/aromatic N) is 1. The molecule has 1 amide bonds. The molecule has 1 aromatic heterocycles. The van der Waals surface area contributed by atoms with E-state index in [1.54, 1.807) is 38.3 Å². The van der Waals surface area contributed by atoms with Gasteiger partial charge in [-0.3, -0.25) is 4.79 Å². The molecule has 0 aliphatic carbocycles. The molecular weight excluding hydrogens is 270 g/mol. The van der Waals surface area contributed by atoms with Gasteiger partial charge in [-0.15, -0.1) is 0 Å². The van der Waals surface area contributed by atoms with Gasteiger partial charge in [-0.1, -0.05) is 0 Å². The predicted octanol–water partition coefficient (Wildman–Crippen LogP) is 2.21. The number of ether oxygens (including phenoxy) is 1. The molecule has 21 heavy (non-hydrogen) atoms. The summed E-state index contributed by atoms with van der Waals surface area (Å²) < 4.78 is 10.6. The molecule has 0 bridgehead atoms. The number of fused-ring (bicyclic) bond motifs is 1. The van der Waals surface area contributed by atoms with Crippen molar-refractivity contribution in [2.75, 3.05) is 20.7 Å². The molecule has 0 saturated carbocycles. The summed E-state index contributed by atoms with van der Waals surface area (Å²) in [6.45, 7) is 2.26. The van der Waals surface area contributed by atoms with Gasteiger partial charge in [0.1, 0.15) is 11.3 Å². The Kier molecular flexibility index (Phi) is 4.85. The highest BCUT2D eigenvalue weighted by Gasteiger charge is 2.14. The lowest BCUT2D eigenvalue weighted by Gasteiger charge is -2.17. The second-order valence-electron chi connectivity index (χ2n) is 5.25. The van der Waals surface area contributed by atoms with Crippen LogP contribution in [0.1, 0.15) is 18.9 Å². The Labute approximate surface area is 124 Å². The van der Waals surface area contributed by atoms with Gasteiger partial charge in [0, 0.05) is 30.6 Å². The van der Waals surface area contributed by atoms with Crippen LogP contribution in [-0.2, 0) is 11.2 Å². The molecule has 0 aliphatic rings. The number of amides is 1. The van der Waals surface area contributed by atoms with Crippen molar-refractivity contribution in [2.45, 2.75) is 25.9 Å². The van der Waals surface area contributed by atoms with Crippen LogP contribution >= 0.6 is 0 Å². The number of benzene rings is 1.